The van der Waals surface area contributed by atoms with Crippen molar-refractivity contribution in [3.8, 4) is 0 Å². The van der Waals surface area contributed by atoms with Crippen molar-refractivity contribution in [3.05, 3.63) is 35.9 Å². The van der Waals surface area contributed by atoms with Crippen LogP contribution in [0.4, 0.5) is 0 Å². The Labute approximate surface area is 123 Å². The van der Waals surface area contributed by atoms with Crippen molar-refractivity contribution in [2.24, 2.45) is 5.41 Å². The molecule has 2 heterocycles. The fourth-order valence-corrected chi connectivity index (χ4v) is 4.02. The molecule has 1 N–H and O–H groups in total. The Morgan fingerprint density at radius 1 is 1.05 bits per heavy atom. The monoisotopic (exact) mass is 272 g/mol. The Kier molecular flexibility index (Phi) is 3.87. The van der Waals surface area contributed by atoms with Gasteiger partial charge < -0.3 is 10.2 Å². The Hall–Kier alpha value is -0.860. The molecule has 2 aliphatic rings. The van der Waals surface area contributed by atoms with Gasteiger partial charge in [0.15, 0.2) is 0 Å². The van der Waals surface area contributed by atoms with Gasteiger partial charge in [-0.25, -0.2) is 0 Å². The minimum absolute atomic E-state index is 0.368. The first-order valence-electron chi connectivity index (χ1n) is 8.08. The van der Waals surface area contributed by atoms with Crippen LogP contribution < -0.4 is 5.32 Å². The number of benzene rings is 1. The molecule has 2 fully saturated rings. The molecule has 110 valence electrons. The second kappa shape index (κ2) is 5.50. The lowest BCUT2D eigenvalue weighted by molar-refractivity contribution is 0.188. The highest BCUT2D eigenvalue weighted by molar-refractivity contribution is 5.27. The van der Waals surface area contributed by atoms with Gasteiger partial charge in [-0.15, -0.1) is 0 Å². The van der Waals surface area contributed by atoms with E-state index in [0.717, 1.165) is 13.1 Å². The number of rotatable bonds is 3. The molecule has 0 aromatic heterocycles. The lowest BCUT2D eigenvalue weighted by Gasteiger charge is -2.41. The lowest BCUT2D eigenvalue weighted by atomic mass is 9.72. The highest BCUT2D eigenvalue weighted by atomic mass is 15.2. The first kappa shape index (κ1) is 14.1. The fraction of sp³-hybridized carbons (Fsp3) is 0.667. The van der Waals surface area contributed by atoms with Crippen LogP contribution in [0, 0.1) is 5.41 Å². The first-order chi connectivity index (χ1) is 9.60. The van der Waals surface area contributed by atoms with Crippen molar-refractivity contribution >= 4 is 0 Å². The zero-order valence-electron chi connectivity index (χ0n) is 13.0. The van der Waals surface area contributed by atoms with Crippen LogP contribution in [0.5, 0.6) is 0 Å². The van der Waals surface area contributed by atoms with E-state index in [1.807, 2.05) is 0 Å². The Bertz CT molecular complexity index is 432. The van der Waals surface area contributed by atoms with E-state index in [1.54, 1.807) is 5.56 Å². The number of likely N-dealkylation sites (tertiary alicyclic amines) is 1. The van der Waals surface area contributed by atoms with E-state index in [-0.39, 0.29) is 0 Å². The van der Waals surface area contributed by atoms with E-state index < -0.39 is 0 Å². The fourth-order valence-electron chi connectivity index (χ4n) is 4.02. The molecule has 2 saturated heterocycles. The molecule has 0 spiro atoms. The molecule has 3 rings (SSSR count). The van der Waals surface area contributed by atoms with E-state index in [0.29, 0.717) is 10.8 Å². The maximum atomic E-state index is 3.53. The normalized spacial score (nSPS) is 25.7. The van der Waals surface area contributed by atoms with Crippen molar-refractivity contribution < 1.29 is 0 Å². The molecule has 2 aliphatic heterocycles. The molecule has 0 saturated carbocycles. The Morgan fingerprint density at radius 2 is 1.75 bits per heavy atom. The summed E-state index contributed by atoms with van der Waals surface area (Å²) in [6.45, 7) is 10.9. The molecule has 0 aliphatic carbocycles. The Balaban J connectivity index is 1.80. The average molecular weight is 272 g/mol. The van der Waals surface area contributed by atoms with Crippen LogP contribution in [0.2, 0.25) is 0 Å². The maximum Gasteiger partial charge on any atom is 0.0104 e. The molecular weight excluding hydrogens is 244 g/mol. The minimum atomic E-state index is 0.368. The smallest absolute Gasteiger partial charge is 0.0104 e. The highest BCUT2D eigenvalue weighted by Crippen LogP contribution is 2.37. The van der Waals surface area contributed by atoms with Gasteiger partial charge in [0.2, 0.25) is 0 Å². The molecule has 1 aromatic rings. The largest absolute Gasteiger partial charge is 0.317 e. The van der Waals surface area contributed by atoms with Crippen LogP contribution in [0.3, 0.4) is 0 Å². The summed E-state index contributed by atoms with van der Waals surface area (Å²) in [5.74, 6) is 0. The highest BCUT2D eigenvalue weighted by Gasteiger charge is 2.38. The van der Waals surface area contributed by atoms with Gasteiger partial charge in [-0.05, 0) is 49.9 Å². The lowest BCUT2D eigenvalue weighted by Crippen LogP contribution is -2.47. The maximum absolute atomic E-state index is 3.53. The molecule has 1 aromatic carbocycles. The summed E-state index contributed by atoms with van der Waals surface area (Å²) < 4.78 is 0. The third-order valence-corrected chi connectivity index (χ3v) is 5.23. The van der Waals surface area contributed by atoms with Crippen LogP contribution in [-0.4, -0.2) is 37.6 Å². The molecule has 2 nitrogen and oxygen atoms in total. The molecule has 20 heavy (non-hydrogen) atoms. The predicted octanol–water partition coefficient (Wildman–Crippen LogP) is 3.04. The topological polar surface area (TPSA) is 15.3 Å². The SMILES string of the molecule is CC1(C)CCN(CC2(c3ccccc3)CCNCC2)C1. The second-order valence-electron chi connectivity index (χ2n) is 7.52. The number of hydrogen-bond donors (Lipinski definition) is 1. The molecule has 0 unspecified atom stereocenters. The summed E-state index contributed by atoms with van der Waals surface area (Å²) in [4.78, 5) is 2.71. The second-order valence-corrected chi connectivity index (χ2v) is 7.52. The Morgan fingerprint density at radius 3 is 2.35 bits per heavy atom. The van der Waals surface area contributed by atoms with Gasteiger partial charge in [0.05, 0.1) is 0 Å². The van der Waals surface area contributed by atoms with Gasteiger partial charge in [0.1, 0.15) is 0 Å². The van der Waals surface area contributed by atoms with Crippen molar-refractivity contribution in [1.29, 1.82) is 0 Å². The number of nitrogens with zero attached hydrogens (tertiary/aromatic N) is 1. The van der Waals surface area contributed by atoms with Crippen LogP contribution in [0.25, 0.3) is 0 Å². The van der Waals surface area contributed by atoms with Crippen molar-refractivity contribution in [3.63, 3.8) is 0 Å². The van der Waals surface area contributed by atoms with E-state index >= 15 is 0 Å². The van der Waals surface area contributed by atoms with Crippen molar-refractivity contribution in [2.75, 3.05) is 32.7 Å². The van der Waals surface area contributed by atoms with Gasteiger partial charge in [-0.3, -0.25) is 0 Å². The van der Waals surface area contributed by atoms with Gasteiger partial charge >= 0.3 is 0 Å². The molecule has 0 radical (unpaired) electrons. The average Bonchev–Trinajstić information content (AvgIpc) is 2.80. The summed E-state index contributed by atoms with van der Waals surface area (Å²) in [5, 5.41) is 3.53. The van der Waals surface area contributed by atoms with E-state index in [1.165, 1.54) is 38.9 Å². The zero-order valence-corrected chi connectivity index (χ0v) is 13.0. The van der Waals surface area contributed by atoms with Crippen molar-refractivity contribution in [1.82, 2.24) is 10.2 Å². The van der Waals surface area contributed by atoms with Gasteiger partial charge in [-0.2, -0.15) is 0 Å². The third-order valence-electron chi connectivity index (χ3n) is 5.23. The van der Waals surface area contributed by atoms with E-state index in [9.17, 15) is 0 Å². The zero-order chi connectivity index (χ0) is 14.1. The summed E-state index contributed by atoms with van der Waals surface area (Å²) in [6, 6.07) is 11.2. The summed E-state index contributed by atoms with van der Waals surface area (Å²) in [6.07, 6.45) is 3.89. The van der Waals surface area contributed by atoms with Crippen LogP contribution >= 0.6 is 0 Å². The minimum Gasteiger partial charge on any atom is -0.317 e. The van der Waals surface area contributed by atoms with E-state index in [4.69, 9.17) is 0 Å². The van der Waals surface area contributed by atoms with Crippen molar-refractivity contribution in [2.45, 2.75) is 38.5 Å². The standard InChI is InChI=1S/C18H28N2/c1-17(2)10-13-20(14-17)15-18(8-11-19-12-9-18)16-6-4-3-5-7-16/h3-7,19H,8-15H2,1-2H3. The van der Waals surface area contributed by atoms with E-state index in [2.05, 4.69) is 54.4 Å². The molecule has 0 atom stereocenters. The first-order valence-corrected chi connectivity index (χ1v) is 8.08. The molecule has 2 heteroatoms. The summed E-state index contributed by atoms with van der Waals surface area (Å²) in [7, 11) is 0. The number of nitrogens with one attached hydrogen (secondary N) is 1. The van der Waals surface area contributed by atoms with Crippen LogP contribution in [-0.2, 0) is 5.41 Å². The number of hydrogen-bond acceptors (Lipinski definition) is 2. The summed E-state index contributed by atoms with van der Waals surface area (Å²) in [5.41, 5.74) is 2.42. The van der Waals surface area contributed by atoms with Gasteiger partial charge in [-0.1, -0.05) is 44.2 Å². The van der Waals surface area contributed by atoms with Crippen LogP contribution in [0.15, 0.2) is 30.3 Å². The van der Waals surface area contributed by atoms with Gasteiger partial charge in [0.25, 0.3) is 0 Å². The van der Waals surface area contributed by atoms with Crippen LogP contribution in [0.1, 0.15) is 38.7 Å². The third kappa shape index (κ3) is 2.91. The predicted molar refractivity (Wildman–Crippen MR) is 85.1 cm³/mol. The number of piperidine rings is 1. The summed E-state index contributed by atoms with van der Waals surface area (Å²) >= 11 is 0. The van der Waals surface area contributed by atoms with Gasteiger partial charge in [0, 0.05) is 18.5 Å². The molecule has 0 bridgehead atoms. The molecular formula is C18H28N2. The molecule has 0 amide bonds. The quantitative estimate of drug-likeness (QED) is 0.910.